The van der Waals surface area contributed by atoms with E-state index >= 15 is 0 Å². The smallest absolute Gasteiger partial charge is 0.272 e. The molecule has 1 fully saturated rings. The molecule has 0 aliphatic carbocycles. The van der Waals surface area contributed by atoms with E-state index in [1.165, 1.54) is 0 Å². The topological polar surface area (TPSA) is 119 Å². The number of amides is 2. The van der Waals surface area contributed by atoms with Crippen molar-refractivity contribution in [1.29, 1.82) is 0 Å². The molecular formula is C26H28N6O4. The molecule has 2 aromatic heterocycles. The molecule has 10 nitrogen and oxygen atoms in total. The van der Waals surface area contributed by atoms with E-state index < -0.39 is 0 Å². The van der Waals surface area contributed by atoms with Gasteiger partial charge in [-0.1, -0.05) is 12.1 Å². The van der Waals surface area contributed by atoms with Gasteiger partial charge < -0.3 is 25.0 Å². The average Bonchev–Trinajstić information content (AvgIpc) is 3.28. The van der Waals surface area contributed by atoms with E-state index in [1.54, 1.807) is 31.5 Å². The first kappa shape index (κ1) is 23.5. The monoisotopic (exact) mass is 488 g/mol. The minimum absolute atomic E-state index is 0.0577. The number of fused-ring (bicyclic) bond motifs is 1. The lowest BCUT2D eigenvalue weighted by atomic mass is 10.1. The number of carbonyl (C=O) groups is 2. The third kappa shape index (κ3) is 5.07. The third-order valence-corrected chi connectivity index (χ3v) is 6.46. The van der Waals surface area contributed by atoms with Gasteiger partial charge in [-0.15, -0.1) is 10.2 Å². The van der Waals surface area contributed by atoms with Gasteiger partial charge in [-0.2, -0.15) is 0 Å². The maximum absolute atomic E-state index is 12.7. The molecule has 0 atom stereocenters. The van der Waals surface area contributed by atoms with E-state index in [-0.39, 0.29) is 23.6 Å². The second kappa shape index (κ2) is 10.2. The summed E-state index contributed by atoms with van der Waals surface area (Å²) in [6.45, 7) is 4.37. The van der Waals surface area contributed by atoms with Crippen molar-refractivity contribution in [3.05, 3.63) is 70.5 Å². The maximum atomic E-state index is 12.7. The summed E-state index contributed by atoms with van der Waals surface area (Å²) in [6, 6.07) is 11.0. The third-order valence-electron chi connectivity index (χ3n) is 6.46. The van der Waals surface area contributed by atoms with Gasteiger partial charge in [0.25, 0.3) is 11.8 Å². The van der Waals surface area contributed by atoms with Crippen LogP contribution in [0.1, 0.15) is 50.4 Å². The Morgan fingerprint density at radius 3 is 2.72 bits per heavy atom. The molecule has 0 spiro atoms. The fraction of sp³-hybridized carbons (Fsp3) is 0.346. The number of carbonyl (C=O) groups excluding carboxylic acids is 2. The molecule has 5 rings (SSSR count). The number of aryl methyl sites for hydroxylation is 1. The Balaban J connectivity index is 1.14. The highest BCUT2D eigenvalue weighted by Crippen LogP contribution is 2.24. The molecule has 2 aliphatic rings. The van der Waals surface area contributed by atoms with Crippen LogP contribution in [0.2, 0.25) is 0 Å². The van der Waals surface area contributed by atoms with Crippen molar-refractivity contribution in [2.24, 2.45) is 0 Å². The average molecular weight is 489 g/mol. The van der Waals surface area contributed by atoms with Crippen molar-refractivity contribution < 1.29 is 19.1 Å². The Morgan fingerprint density at radius 2 is 2.00 bits per heavy atom. The van der Waals surface area contributed by atoms with E-state index in [9.17, 15) is 9.59 Å². The van der Waals surface area contributed by atoms with Gasteiger partial charge >= 0.3 is 0 Å². The zero-order chi connectivity index (χ0) is 25.1. The number of nitrogens with one attached hydrogen (secondary N) is 2. The molecule has 4 heterocycles. The number of anilines is 1. The van der Waals surface area contributed by atoms with Crippen LogP contribution in [-0.4, -0.2) is 53.3 Å². The number of nitrogens with zero attached hydrogens (tertiary/aromatic N) is 4. The van der Waals surface area contributed by atoms with Crippen LogP contribution < -0.4 is 25.0 Å². The molecule has 0 bridgehead atoms. The Hall–Kier alpha value is -4.21. The minimum atomic E-state index is -0.285. The first-order valence-electron chi connectivity index (χ1n) is 11.9. The van der Waals surface area contributed by atoms with Crippen LogP contribution in [0.5, 0.6) is 11.6 Å². The Bertz CT molecular complexity index is 1270. The Kier molecular flexibility index (Phi) is 6.66. The molecule has 3 aromatic rings. The van der Waals surface area contributed by atoms with Crippen LogP contribution in [0.4, 0.5) is 5.82 Å². The molecule has 1 aromatic carbocycles. The molecule has 0 unspecified atom stereocenters. The van der Waals surface area contributed by atoms with Crippen LogP contribution >= 0.6 is 0 Å². The summed E-state index contributed by atoms with van der Waals surface area (Å²) in [5.74, 6) is 1.73. The Labute approximate surface area is 209 Å². The van der Waals surface area contributed by atoms with Gasteiger partial charge in [0.2, 0.25) is 5.88 Å². The van der Waals surface area contributed by atoms with Crippen molar-refractivity contribution in [1.82, 2.24) is 25.8 Å². The van der Waals surface area contributed by atoms with Crippen LogP contribution in [0.3, 0.4) is 0 Å². The standard InChI is InChI=1S/C26H28N6O4/c1-16-11-22(26(34)28-13-17-3-5-21-18(12-17)14-29-25(21)33)30-31-24(16)32-9-7-19(8-10-32)36-20-4-6-23(35-2)27-15-20/h3-6,11-12,15,19H,7-10,13-14H2,1-2H3,(H,28,34)(H,29,33). The van der Waals surface area contributed by atoms with E-state index in [1.807, 2.05) is 25.1 Å². The summed E-state index contributed by atoms with van der Waals surface area (Å²) in [5, 5.41) is 14.2. The number of aromatic nitrogens is 3. The largest absolute Gasteiger partial charge is 0.489 e. The van der Waals surface area contributed by atoms with Crippen molar-refractivity contribution >= 4 is 17.6 Å². The van der Waals surface area contributed by atoms with Gasteiger partial charge in [-0.25, -0.2) is 4.98 Å². The normalized spacial score (nSPS) is 15.3. The van der Waals surface area contributed by atoms with Gasteiger partial charge in [-0.05, 0) is 41.8 Å². The lowest BCUT2D eigenvalue weighted by Gasteiger charge is -2.33. The van der Waals surface area contributed by atoms with E-state index in [0.717, 1.165) is 54.2 Å². The van der Waals surface area contributed by atoms with Crippen molar-refractivity contribution in [3.8, 4) is 11.6 Å². The fourth-order valence-corrected chi connectivity index (χ4v) is 4.51. The predicted octanol–water partition coefficient (Wildman–Crippen LogP) is 2.41. The molecule has 186 valence electrons. The van der Waals surface area contributed by atoms with Gasteiger partial charge in [0.05, 0.1) is 13.3 Å². The van der Waals surface area contributed by atoms with Crippen LogP contribution in [0, 0.1) is 6.92 Å². The molecule has 2 amide bonds. The molecule has 10 heteroatoms. The van der Waals surface area contributed by atoms with Gasteiger partial charge in [0.15, 0.2) is 11.5 Å². The van der Waals surface area contributed by atoms with Gasteiger partial charge in [0.1, 0.15) is 11.9 Å². The number of hydrogen-bond donors (Lipinski definition) is 2. The molecular weight excluding hydrogens is 460 g/mol. The highest BCUT2D eigenvalue weighted by atomic mass is 16.5. The molecule has 36 heavy (non-hydrogen) atoms. The maximum Gasteiger partial charge on any atom is 0.272 e. The van der Waals surface area contributed by atoms with E-state index in [2.05, 4.69) is 30.7 Å². The zero-order valence-electron chi connectivity index (χ0n) is 20.3. The summed E-state index contributed by atoms with van der Waals surface area (Å²) in [5.41, 5.74) is 3.74. The molecule has 0 radical (unpaired) electrons. The number of pyridine rings is 1. The molecule has 2 N–H and O–H groups in total. The molecule has 0 saturated carbocycles. The first-order valence-corrected chi connectivity index (χ1v) is 11.9. The van der Waals surface area contributed by atoms with Crippen LogP contribution in [-0.2, 0) is 13.1 Å². The van der Waals surface area contributed by atoms with Crippen LogP contribution in [0.15, 0.2) is 42.6 Å². The summed E-state index contributed by atoms with van der Waals surface area (Å²) >= 11 is 0. The highest BCUT2D eigenvalue weighted by Gasteiger charge is 2.24. The van der Waals surface area contributed by atoms with Crippen molar-refractivity contribution in [3.63, 3.8) is 0 Å². The Morgan fingerprint density at radius 1 is 1.17 bits per heavy atom. The van der Waals surface area contributed by atoms with E-state index in [0.29, 0.717) is 24.5 Å². The van der Waals surface area contributed by atoms with Crippen molar-refractivity contribution in [2.75, 3.05) is 25.1 Å². The van der Waals surface area contributed by atoms with Gasteiger partial charge in [-0.3, -0.25) is 9.59 Å². The van der Waals surface area contributed by atoms with Crippen molar-refractivity contribution in [2.45, 2.75) is 39.0 Å². The number of rotatable bonds is 7. The zero-order valence-corrected chi connectivity index (χ0v) is 20.3. The first-order chi connectivity index (χ1) is 17.5. The minimum Gasteiger partial charge on any atom is -0.489 e. The molecule has 1 saturated heterocycles. The lowest BCUT2D eigenvalue weighted by Crippen LogP contribution is -2.39. The number of benzene rings is 1. The fourth-order valence-electron chi connectivity index (χ4n) is 4.51. The highest BCUT2D eigenvalue weighted by molar-refractivity contribution is 5.98. The predicted molar refractivity (Wildman–Crippen MR) is 132 cm³/mol. The summed E-state index contributed by atoms with van der Waals surface area (Å²) in [4.78, 5) is 30.7. The summed E-state index contributed by atoms with van der Waals surface area (Å²) < 4.78 is 11.1. The van der Waals surface area contributed by atoms with Crippen LogP contribution in [0.25, 0.3) is 0 Å². The number of methoxy groups -OCH3 is 1. The lowest BCUT2D eigenvalue weighted by molar-refractivity contribution is 0.0941. The second-order valence-corrected chi connectivity index (χ2v) is 8.93. The second-order valence-electron chi connectivity index (χ2n) is 8.93. The number of ether oxygens (including phenoxy) is 2. The summed E-state index contributed by atoms with van der Waals surface area (Å²) in [6.07, 6.45) is 3.46. The molecule has 2 aliphatic heterocycles. The number of hydrogen-bond acceptors (Lipinski definition) is 8. The van der Waals surface area contributed by atoms with E-state index in [4.69, 9.17) is 9.47 Å². The SMILES string of the molecule is COc1ccc(OC2CCN(c3nnc(C(=O)NCc4ccc5c(c4)CNC5=O)cc3C)CC2)cn1. The van der Waals surface area contributed by atoms with Gasteiger partial charge in [0, 0.05) is 50.7 Å². The quantitative estimate of drug-likeness (QED) is 0.521. The summed E-state index contributed by atoms with van der Waals surface area (Å²) in [7, 11) is 1.58. The number of piperidine rings is 1.